The van der Waals surface area contributed by atoms with Gasteiger partial charge in [-0.05, 0) is 36.4 Å². The Morgan fingerprint density at radius 2 is 1.79 bits per heavy atom. The molecule has 0 amide bonds. The van der Waals surface area contributed by atoms with E-state index in [9.17, 15) is 10.1 Å². The van der Waals surface area contributed by atoms with E-state index in [2.05, 4.69) is 9.98 Å². The number of nitrogens with zero attached hydrogens (tertiary/aromatic N) is 3. The van der Waals surface area contributed by atoms with Gasteiger partial charge < -0.3 is 0 Å². The quantitative estimate of drug-likeness (QED) is 0.307. The Hall–Kier alpha value is -3.12. The SMILES string of the molecule is O=[N+]([O-])c1ccccc1N=c1ccc2nc3ccccc3sc-2c1. The number of benzene rings is 3. The smallest absolute Gasteiger partial charge is 0.258 e. The van der Waals surface area contributed by atoms with Crippen LogP contribution in [0.25, 0.3) is 20.8 Å². The second-order valence-corrected chi connectivity index (χ2v) is 6.28. The topological polar surface area (TPSA) is 68.4 Å². The summed E-state index contributed by atoms with van der Waals surface area (Å²) in [5.74, 6) is 0. The van der Waals surface area contributed by atoms with E-state index >= 15 is 0 Å². The number of aromatic nitrogens is 1. The average Bonchev–Trinajstić information content (AvgIpc) is 2.60. The van der Waals surface area contributed by atoms with Crippen molar-refractivity contribution in [2.24, 2.45) is 4.99 Å². The fraction of sp³-hybridized carbons (Fsp3) is 0. The predicted molar refractivity (Wildman–Crippen MR) is 94.6 cm³/mol. The lowest BCUT2D eigenvalue weighted by molar-refractivity contribution is -0.384. The molecule has 0 aromatic heterocycles. The van der Waals surface area contributed by atoms with Crippen LogP contribution >= 0.6 is 11.3 Å². The van der Waals surface area contributed by atoms with Crippen molar-refractivity contribution < 1.29 is 4.92 Å². The van der Waals surface area contributed by atoms with E-state index < -0.39 is 4.92 Å². The van der Waals surface area contributed by atoms with Gasteiger partial charge in [0.2, 0.25) is 0 Å². The molecule has 6 heteroatoms. The lowest BCUT2D eigenvalue weighted by Gasteiger charge is -2.05. The van der Waals surface area contributed by atoms with Crippen LogP contribution in [0.3, 0.4) is 0 Å². The van der Waals surface area contributed by atoms with Gasteiger partial charge in [-0.3, -0.25) is 10.1 Å². The fourth-order valence-corrected chi connectivity index (χ4v) is 3.48. The molecule has 0 radical (unpaired) electrons. The van der Waals surface area contributed by atoms with Crippen LogP contribution in [0.2, 0.25) is 0 Å². The number of hydrogen-bond acceptors (Lipinski definition) is 5. The Balaban J connectivity index is 1.91. The highest BCUT2D eigenvalue weighted by Crippen LogP contribution is 2.30. The number of rotatable bonds is 2. The summed E-state index contributed by atoms with van der Waals surface area (Å²) in [6, 6.07) is 20.1. The molecule has 1 heterocycles. The predicted octanol–water partition coefficient (Wildman–Crippen LogP) is 4.54. The highest BCUT2D eigenvalue weighted by Gasteiger charge is 2.11. The van der Waals surface area contributed by atoms with E-state index in [0.717, 1.165) is 20.8 Å². The van der Waals surface area contributed by atoms with Crippen molar-refractivity contribution in [1.82, 2.24) is 4.98 Å². The molecule has 0 unspecified atom stereocenters. The molecule has 0 fully saturated rings. The van der Waals surface area contributed by atoms with E-state index in [1.165, 1.54) is 6.07 Å². The summed E-state index contributed by atoms with van der Waals surface area (Å²) >= 11 is 1.63. The zero-order valence-electron chi connectivity index (χ0n) is 12.4. The minimum Gasteiger partial charge on any atom is -0.258 e. The Morgan fingerprint density at radius 1 is 1.00 bits per heavy atom. The third-order valence-electron chi connectivity index (χ3n) is 3.60. The first kappa shape index (κ1) is 14.5. The summed E-state index contributed by atoms with van der Waals surface area (Å²) in [5, 5.41) is 11.8. The fourth-order valence-electron chi connectivity index (χ4n) is 2.48. The molecule has 1 aliphatic heterocycles. The summed E-state index contributed by atoms with van der Waals surface area (Å²) in [5.41, 5.74) is 2.19. The van der Waals surface area contributed by atoms with Crippen molar-refractivity contribution in [2.75, 3.05) is 0 Å². The second-order valence-electron chi connectivity index (χ2n) is 5.19. The van der Waals surface area contributed by atoms with Crippen molar-refractivity contribution >= 4 is 32.9 Å². The van der Waals surface area contributed by atoms with Gasteiger partial charge in [-0.1, -0.05) is 24.3 Å². The molecule has 0 saturated carbocycles. The van der Waals surface area contributed by atoms with Crippen LogP contribution in [0, 0.1) is 10.1 Å². The van der Waals surface area contributed by atoms with Crippen LogP contribution in [-0.4, -0.2) is 9.91 Å². The minimum absolute atomic E-state index is 0.00194. The van der Waals surface area contributed by atoms with Crippen molar-refractivity contribution in [3.05, 3.63) is 82.2 Å². The minimum atomic E-state index is -0.419. The largest absolute Gasteiger partial charge is 0.294 e. The molecular weight excluding hydrogens is 322 g/mol. The monoisotopic (exact) mass is 333 g/mol. The van der Waals surface area contributed by atoms with E-state index in [1.807, 2.05) is 42.5 Å². The lowest BCUT2D eigenvalue weighted by atomic mass is 10.2. The first-order valence-electron chi connectivity index (χ1n) is 7.28. The molecule has 1 aliphatic carbocycles. The van der Waals surface area contributed by atoms with Crippen LogP contribution in [-0.2, 0) is 0 Å². The number of hydrogen-bond donors (Lipinski definition) is 0. The van der Waals surface area contributed by atoms with Crippen LogP contribution < -0.4 is 5.36 Å². The van der Waals surface area contributed by atoms with Gasteiger partial charge in [0.15, 0.2) is 0 Å². The van der Waals surface area contributed by atoms with Gasteiger partial charge >= 0.3 is 0 Å². The van der Waals surface area contributed by atoms with E-state index in [4.69, 9.17) is 0 Å². The average molecular weight is 333 g/mol. The van der Waals surface area contributed by atoms with E-state index in [-0.39, 0.29) is 5.69 Å². The van der Waals surface area contributed by atoms with Gasteiger partial charge in [-0.25, -0.2) is 9.98 Å². The van der Waals surface area contributed by atoms with Gasteiger partial charge in [-0.2, -0.15) is 0 Å². The maximum atomic E-state index is 11.1. The van der Waals surface area contributed by atoms with Gasteiger partial charge in [0.05, 0.1) is 31.1 Å². The molecule has 4 rings (SSSR count). The molecule has 0 atom stereocenters. The highest BCUT2D eigenvalue weighted by molar-refractivity contribution is 7.21. The Bertz CT molecular complexity index is 1100. The Morgan fingerprint density at radius 3 is 2.67 bits per heavy atom. The van der Waals surface area contributed by atoms with Gasteiger partial charge in [-0.15, -0.1) is 11.3 Å². The molecule has 2 aromatic carbocycles. The third-order valence-corrected chi connectivity index (χ3v) is 4.71. The molecule has 2 aromatic rings. The number of nitro benzene ring substituents is 1. The number of para-hydroxylation sites is 3. The molecule has 0 bridgehead atoms. The van der Waals surface area contributed by atoms with Gasteiger partial charge in [0, 0.05) is 6.07 Å². The molecular formula is C18H11N3O2S. The Kier molecular flexibility index (Phi) is 3.51. The van der Waals surface area contributed by atoms with Gasteiger partial charge in [0.1, 0.15) is 5.69 Å². The van der Waals surface area contributed by atoms with Crippen molar-refractivity contribution in [1.29, 1.82) is 0 Å². The zero-order valence-corrected chi connectivity index (χ0v) is 13.2. The second kappa shape index (κ2) is 5.82. The van der Waals surface area contributed by atoms with Crippen LogP contribution in [0.5, 0.6) is 0 Å². The number of nitro groups is 1. The maximum absolute atomic E-state index is 11.1. The van der Waals surface area contributed by atoms with Crippen molar-refractivity contribution in [2.45, 2.75) is 0 Å². The lowest BCUT2D eigenvalue weighted by Crippen LogP contribution is -2.01. The van der Waals surface area contributed by atoms with E-state index in [0.29, 0.717) is 11.0 Å². The standard InChI is InChI=1S/C18H11N3O2S/c22-21(23)16-7-3-1-5-13(16)19-12-9-10-15-18(11-12)24-17-8-4-2-6-14(17)20-15/h1-11H. The molecule has 0 spiro atoms. The first-order chi connectivity index (χ1) is 11.7. The molecule has 116 valence electrons. The van der Waals surface area contributed by atoms with Crippen LogP contribution in [0.4, 0.5) is 11.4 Å². The summed E-state index contributed by atoms with van der Waals surface area (Å²) in [6.45, 7) is 0. The maximum Gasteiger partial charge on any atom is 0.294 e. The third kappa shape index (κ3) is 2.63. The van der Waals surface area contributed by atoms with Crippen molar-refractivity contribution in [3.8, 4) is 10.6 Å². The van der Waals surface area contributed by atoms with Crippen LogP contribution in [0.1, 0.15) is 0 Å². The highest BCUT2D eigenvalue weighted by atomic mass is 32.1. The van der Waals surface area contributed by atoms with Gasteiger partial charge in [0.25, 0.3) is 5.69 Å². The Labute approximate surface area is 141 Å². The summed E-state index contributed by atoms with van der Waals surface area (Å²) in [7, 11) is 0. The molecule has 0 N–H and O–H groups in total. The van der Waals surface area contributed by atoms with Crippen molar-refractivity contribution in [3.63, 3.8) is 0 Å². The zero-order chi connectivity index (χ0) is 16.5. The molecule has 2 aliphatic rings. The van der Waals surface area contributed by atoms with Crippen LogP contribution in [0.15, 0.2) is 71.7 Å². The molecule has 24 heavy (non-hydrogen) atoms. The van der Waals surface area contributed by atoms with E-state index in [1.54, 1.807) is 29.5 Å². The summed E-state index contributed by atoms with van der Waals surface area (Å²) in [6.07, 6.45) is 0. The summed E-state index contributed by atoms with van der Waals surface area (Å²) in [4.78, 5) is 20.7. The summed E-state index contributed by atoms with van der Waals surface area (Å²) < 4.78 is 1.09. The first-order valence-corrected chi connectivity index (χ1v) is 8.10. The number of fused-ring (bicyclic) bond motifs is 2. The molecule has 0 saturated heterocycles. The molecule has 5 nitrogen and oxygen atoms in total. The normalized spacial score (nSPS) is 11.9.